The van der Waals surface area contributed by atoms with Gasteiger partial charge in [-0.2, -0.15) is 0 Å². The fourth-order valence-corrected chi connectivity index (χ4v) is 1.65. The lowest BCUT2D eigenvalue weighted by atomic mass is 10.1. The minimum atomic E-state index is 0.516. The molecule has 0 aromatic heterocycles. The summed E-state index contributed by atoms with van der Waals surface area (Å²) in [6.07, 6.45) is 6.00. The molecule has 0 aromatic carbocycles. The van der Waals surface area contributed by atoms with E-state index in [4.69, 9.17) is 0 Å². The Morgan fingerprint density at radius 3 is 3.08 bits per heavy atom. The first-order chi connectivity index (χ1) is 5.83. The number of hydrogen-bond acceptors (Lipinski definition) is 2. The van der Waals surface area contributed by atoms with Crippen molar-refractivity contribution in [1.82, 2.24) is 10.2 Å². The van der Waals surface area contributed by atoms with E-state index in [2.05, 4.69) is 5.32 Å². The molecule has 12 heavy (non-hydrogen) atoms. The fraction of sp³-hybridized carbons (Fsp3) is 0.889. The molecule has 1 aliphatic rings. The number of hydrogen-bond donors (Lipinski definition) is 1. The molecule has 70 valence electrons. The molecule has 1 unspecified atom stereocenters. The number of amides is 1. The van der Waals surface area contributed by atoms with E-state index in [9.17, 15) is 4.79 Å². The highest BCUT2D eigenvalue weighted by atomic mass is 16.1. The molecular formula is C9H18N2O. The van der Waals surface area contributed by atoms with Crippen molar-refractivity contribution < 1.29 is 4.79 Å². The van der Waals surface area contributed by atoms with Gasteiger partial charge in [-0.05, 0) is 19.4 Å². The van der Waals surface area contributed by atoms with Gasteiger partial charge in [0.25, 0.3) is 0 Å². The zero-order chi connectivity index (χ0) is 8.81. The zero-order valence-electron chi connectivity index (χ0n) is 7.75. The van der Waals surface area contributed by atoms with Gasteiger partial charge in [0.2, 0.25) is 6.41 Å². The summed E-state index contributed by atoms with van der Waals surface area (Å²) in [5.41, 5.74) is 0. The first-order valence-electron chi connectivity index (χ1n) is 4.72. The Bertz CT molecular complexity index is 130. The van der Waals surface area contributed by atoms with Crippen LogP contribution in [0.2, 0.25) is 0 Å². The fourth-order valence-electron chi connectivity index (χ4n) is 1.65. The molecule has 0 saturated carbocycles. The Kier molecular flexibility index (Phi) is 4.08. The van der Waals surface area contributed by atoms with Gasteiger partial charge >= 0.3 is 0 Å². The minimum Gasteiger partial charge on any atom is -0.347 e. The van der Waals surface area contributed by atoms with E-state index < -0.39 is 0 Å². The molecule has 1 atom stereocenters. The molecule has 1 fully saturated rings. The standard InChI is InChI=1S/C9H18N2O/c1-11(8-12)7-9-5-3-2-4-6-10-9/h8-10H,2-7H2,1H3. The van der Waals surface area contributed by atoms with E-state index in [1.54, 1.807) is 4.90 Å². The van der Waals surface area contributed by atoms with Crippen molar-refractivity contribution in [3.8, 4) is 0 Å². The smallest absolute Gasteiger partial charge is 0.209 e. The SMILES string of the molecule is CN(C=O)CC1CCCCCN1. The van der Waals surface area contributed by atoms with Gasteiger partial charge in [-0.3, -0.25) is 4.79 Å². The Hall–Kier alpha value is -0.570. The number of carbonyl (C=O) groups excluding carboxylic acids is 1. The first kappa shape index (κ1) is 9.52. The van der Waals surface area contributed by atoms with Crippen molar-refractivity contribution in [3.63, 3.8) is 0 Å². The van der Waals surface area contributed by atoms with Crippen LogP contribution in [0.5, 0.6) is 0 Å². The predicted octanol–water partition coefficient (Wildman–Crippen LogP) is 0.607. The van der Waals surface area contributed by atoms with Crippen LogP contribution in [0.15, 0.2) is 0 Å². The monoisotopic (exact) mass is 170 g/mol. The van der Waals surface area contributed by atoms with Gasteiger partial charge in [0.1, 0.15) is 0 Å². The van der Waals surface area contributed by atoms with Crippen LogP contribution in [-0.4, -0.2) is 37.5 Å². The van der Waals surface area contributed by atoms with E-state index in [1.165, 1.54) is 25.7 Å². The normalized spacial score (nSPS) is 24.6. The van der Waals surface area contributed by atoms with Gasteiger partial charge in [-0.15, -0.1) is 0 Å². The Morgan fingerprint density at radius 1 is 1.50 bits per heavy atom. The van der Waals surface area contributed by atoms with E-state index >= 15 is 0 Å². The molecule has 1 aliphatic heterocycles. The molecular weight excluding hydrogens is 152 g/mol. The Morgan fingerprint density at radius 2 is 2.33 bits per heavy atom. The number of rotatable bonds is 3. The largest absolute Gasteiger partial charge is 0.347 e. The molecule has 1 saturated heterocycles. The third-order valence-electron chi connectivity index (χ3n) is 2.35. The Labute approximate surface area is 74.1 Å². The van der Waals surface area contributed by atoms with E-state index in [0.717, 1.165) is 19.5 Å². The average molecular weight is 170 g/mol. The van der Waals surface area contributed by atoms with Crippen molar-refractivity contribution in [2.24, 2.45) is 0 Å². The molecule has 0 aliphatic carbocycles. The minimum absolute atomic E-state index is 0.516. The molecule has 1 amide bonds. The van der Waals surface area contributed by atoms with Gasteiger partial charge in [-0.1, -0.05) is 12.8 Å². The highest BCUT2D eigenvalue weighted by molar-refractivity contribution is 5.46. The summed E-state index contributed by atoms with van der Waals surface area (Å²) in [6, 6.07) is 0.516. The maximum absolute atomic E-state index is 10.4. The van der Waals surface area contributed by atoms with Gasteiger partial charge in [0, 0.05) is 19.6 Å². The van der Waals surface area contributed by atoms with Crippen molar-refractivity contribution >= 4 is 6.41 Å². The molecule has 0 aromatic rings. The maximum Gasteiger partial charge on any atom is 0.209 e. The molecule has 3 nitrogen and oxygen atoms in total. The summed E-state index contributed by atoms with van der Waals surface area (Å²) in [5, 5.41) is 3.45. The topological polar surface area (TPSA) is 32.3 Å². The second kappa shape index (κ2) is 5.14. The van der Waals surface area contributed by atoms with E-state index in [0.29, 0.717) is 6.04 Å². The highest BCUT2D eigenvalue weighted by Crippen LogP contribution is 2.08. The van der Waals surface area contributed by atoms with Gasteiger partial charge in [0.15, 0.2) is 0 Å². The number of carbonyl (C=O) groups is 1. The summed E-state index contributed by atoms with van der Waals surface area (Å²) in [4.78, 5) is 12.1. The summed E-state index contributed by atoms with van der Waals surface area (Å²) >= 11 is 0. The third kappa shape index (κ3) is 3.22. The molecule has 0 spiro atoms. The summed E-state index contributed by atoms with van der Waals surface area (Å²) < 4.78 is 0. The summed E-state index contributed by atoms with van der Waals surface area (Å²) in [5.74, 6) is 0. The van der Waals surface area contributed by atoms with Gasteiger partial charge < -0.3 is 10.2 Å². The van der Waals surface area contributed by atoms with Crippen LogP contribution in [-0.2, 0) is 4.79 Å². The number of likely N-dealkylation sites (N-methyl/N-ethyl adjacent to an activating group) is 1. The van der Waals surface area contributed by atoms with E-state index in [1.807, 2.05) is 7.05 Å². The highest BCUT2D eigenvalue weighted by Gasteiger charge is 2.12. The van der Waals surface area contributed by atoms with Crippen molar-refractivity contribution in [3.05, 3.63) is 0 Å². The lowest BCUT2D eigenvalue weighted by Crippen LogP contribution is -2.38. The molecule has 0 radical (unpaired) electrons. The van der Waals surface area contributed by atoms with Crippen molar-refractivity contribution in [2.75, 3.05) is 20.1 Å². The van der Waals surface area contributed by atoms with Crippen LogP contribution in [0.4, 0.5) is 0 Å². The summed E-state index contributed by atoms with van der Waals surface area (Å²) in [7, 11) is 1.83. The summed E-state index contributed by atoms with van der Waals surface area (Å²) in [6.45, 7) is 1.96. The second-order valence-corrected chi connectivity index (χ2v) is 3.55. The third-order valence-corrected chi connectivity index (χ3v) is 2.35. The van der Waals surface area contributed by atoms with Crippen molar-refractivity contribution in [2.45, 2.75) is 31.7 Å². The van der Waals surface area contributed by atoms with Crippen LogP contribution < -0.4 is 5.32 Å². The van der Waals surface area contributed by atoms with Crippen LogP contribution in [0.3, 0.4) is 0 Å². The van der Waals surface area contributed by atoms with Crippen LogP contribution in [0.1, 0.15) is 25.7 Å². The molecule has 1 N–H and O–H groups in total. The lowest BCUT2D eigenvalue weighted by molar-refractivity contribution is -0.117. The number of nitrogens with one attached hydrogen (secondary N) is 1. The van der Waals surface area contributed by atoms with Crippen LogP contribution in [0.25, 0.3) is 0 Å². The second-order valence-electron chi connectivity index (χ2n) is 3.55. The Balaban J connectivity index is 2.24. The van der Waals surface area contributed by atoms with Crippen LogP contribution in [0, 0.1) is 0 Å². The van der Waals surface area contributed by atoms with Gasteiger partial charge in [-0.25, -0.2) is 0 Å². The lowest BCUT2D eigenvalue weighted by Gasteiger charge is -2.20. The quantitative estimate of drug-likeness (QED) is 0.629. The first-order valence-corrected chi connectivity index (χ1v) is 4.72. The average Bonchev–Trinajstić information content (AvgIpc) is 2.33. The predicted molar refractivity (Wildman–Crippen MR) is 49.0 cm³/mol. The van der Waals surface area contributed by atoms with E-state index in [-0.39, 0.29) is 0 Å². The number of nitrogens with zero attached hydrogens (tertiary/aromatic N) is 1. The molecule has 1 heterocycles. The molecule has 3 heteroatoms. The zero-order valence-corrected chi connectivity index (χ0v) is 7.75. The van der Waals surface area contributed by atoms with Crippen LogP contribution >= 0.6 is 0 Å². The van der Waals surface area contributed by atoms with Gasteiger partial charge in [0.05, 0.1) is 0 Å². The molecule has 1 rings (SSSR count). The van der Waals surface area contributed by atoms with Crippen molar-refractivity contribution in [1.29, 1.82) is 0 Å². The molecule has 0 bridgehead atoms. The maximum atomic E-state index is 10.4.